The Labute approximate surface area is 251 Å². The first-order valence-electron chi connectivity index (χ1n) is 13.6. The van der Waals surface area contributed by atoms with Gasteiger partial charge in [-0.3, -0.25) is 19.0 Å². The Morgan fingerprint density at radius 2 is 1.82 bits per heavy atom. The van der Waals surface area contributed by atoms with Crippen LogP contribution in [0.3, 0.4) is 0 Å². The second kappa shape index (κ2) is 11.6. The maximum absolute atomic E-state index is 14.2. The van der Waals surface area contributed by atoms with E-state index >= 15 is 0 Å². The average Bonchev–Trinajstić information content (AvgIpc) is 3.35. The van der Waals surface area contributed by atoms with E-state index in [0.717, 1.165) is 34.1 Å². The molecule has 2 aliphatic rings. The molecule has 2 aliphatic heterocycles. The number of halogens is 4. The molecular formula is C29H24ClF3N8O3. The smallest absolute Gasteiger partial charge is 0.352 e. The van der Waals surface area contributed by atoms with Crippen molar-refractivity contribution in [2.24, 2.45) is 7.05 Å². The Balaban J connectivity index is 1.62. The van der Waals surface area contributed by atoms with Crippen LogP contribution >= 0.6 is 11.6 Å². The van der Waals surface area contributed by atoms with Crippen molar-refractivity contribution in [3.8, 4) is 5.69 Å². The fourth-order valence-corrected chi connectivity index (χ4v) is 5.56. The van der Waals surface area contributed by atoms with E-state index in [1.54, 1.807) is 17.8 Å². The van der Waals surface area contributed by atoms with Crippen molar-refractivity contribution in [1.82, 2.24) is 34.2 Å². The SMILES string of the molecule is Cn1cc2c3c(c(Cl)cc2n1)Nc1nc(=O)n(c(=O)n1Cc1cc(F)c(F)c(F)c1)-c1cnccc1C(=O)NCCCCC3. The van der Waals surface area contributed by atoms with Gasteiger partial charge >= 0.3 is 11.4 Å². The lowest BCUT2D eigenvalue weighted by atomic mass is 10.0. The van der Waals surface area contributed by atoms with Gasteiger partial charge in [0, 0.05) is 31.4 Å². The minimum atomic E-state index is -1.67. The number of amides is 1. The molecule has 0 saturated carbocycles. The molecule has 226 valence electrons. The molecule has 2 aromatic carbocycles. The molecule has 11 nitrogen and oxygen atoms in total. The zero-order chi connectivity index (χ0) is 31.1. The summed E-state index contributed by atoms with van der Waals surface area (Å²) in [5.74, 6) is -5.42. The molecule has 2 N–H and O–H groups in total. The van der Waals surface area contributed by atoms with Gasteiger partial charge in [0.15, 0.2) is 17.5 Å². The van der Waals surface area contributed by atoms with E-state index in [9.17, 15) is 27.6 Å². The van der Waals surface area contributed by atoms with Gasteiger partial charge in [0.25, 0.3) is 5.91 Å². The van der Waals surface area contributed by atoms with E-state index in [0.29, 0.717) is 41.6 Å². The van der Waals surface area contributed by atoms with Gasteiger partial charge in [-0.25, -0.2) is 27.3 Å². The second-order valence-electron chi connectivity index (χ2n) is 10.3. The van der Waals surface area contributed by atoms with Crippen LogP contribution in [0.15, 0.2) is 52.4 Å². The average molecular weight is 625 g/mol. The Kier molecular flexibility index (Phi) is 7.67. The van der Waals surface area contributed by atoms with Crippen molar-refractivity contribution in [3.63, 3.8) is 0 Å². The summed E-state index contributed by atoms with van der Waals surface area (Å²) >= 11 is 6.72. The van der Waals surface area contributed by atoms with Crippen molar-refractivity contribution < 1.29 is 18.0 Å². The number of rotatable bonds is 2. The number of benzene rings is 2. The zero-order valence-corrected chi connectivity index (χ0v) is 24.0. The molecule has 0 aliphatic carbocycles. The maximum atomic E-state index is 14.2. The molecule has 0 atom stereocenters. The molecule has 5 aromatic rings. The number of aromatic nitrogens is 6. The highest BCUT2D eigenvalue weighted by molar-refractivity contribution is 6.34. The largest absolute Gasteiger partial charge is 0.359 e. The van der Waals surface area contributed by atoms with Gasteiger partial charge in [-0.2, -0.15) is 10.1 Å². The quantitative estimate of drug-likeness (QED) is 0.284. The zero-order valence-electron chi connectivity index (χ0n) is 23.2. The normalized spacial score (nSPS) is 13.8. The van der Waals surface area contributed by atoms with Crippen LogP contribution in [0.5, 0.6) is 0 Å². The van der Waals surface area contributed by atoms with Gasteiger partial charge in [-0.15, -0.1) is 0 Å². The van der Waals surface area contributed by atoms with Crippen LogP contribution in [-0.4, -0.2) is 41.3 Å². The van der Waals surface area contributed by atoms with Crippen molar-refractivity contribution in [2.45, 2.75) is 32.2 Å². The van der Waals surface area contributed by atoms with E-state index in [2.05, 4.69) is 25.7 Å². The lowest BCUT2D eigenvalue weighted by Crippen LogP contribution is -2.43. The predicted octanol–water partition coefficient (Wildman–Crippen LogP) is 3.99. The van der Waals surface area contributed by atoms with Crippen molar-refractivity contribution in [2.75, 3.05) is 11.9 Å². The highest BCUT2D eigenvalue weighted by Gasteiger charge is 2.23. The summed E-state index contributed by atoms with van der Waals surface area (Å²) < 4.78 is 45.4. The minimum Gasteiger partial charge on any atom is -0.352 e. The molecule has 7 rings (SSSR count). The molecule has 44 heavy (non-hydrogen) atoms. The number of hydrogen-bond donors (Lipinski definition) is 2. The standard InChI is InChI=1S/C29H24ClF3N8O3/c1-39-14-18-16-5-3-2-4-7-35-26(42)17-6-8-34-12-23(17)41-28(43)37-27(36-25(16)19(30)11-22(18)38-39)40(29(41)44)13-15-9-20(31)24(33)21(32)10-15/h6,8-12,14H,2-5,7,13H2,1H3,(H,35,42)(H,36,37,43). The van der Waals surface area contributed by atoms with Crippen LogP contribution in [0.2, 0.25) is 5.02 Å². The third kappa shape index (κ3) is 5.32. The third-order valence-electron chi connectivity index (χ3n) is 7.35. The van der Waals surface area contributed by atoms with E-state index in [1.165, 1.54) is 18.5 Å². The summed E-state index contributed by atoms with van der Waals surface area (Å²) in [6.07, 6.45) is 6.97. The topological polar surface area (TPSA) is 129 Å². The van der Waals surface area contributed by atoms with Crippen LogP contribution in [0.4, 0.5) is 24.8 Å². The summed E-state index contributed by atoms with van der Waals surface area (Å²) in [7, 11) is 1.76. The first kappa shape index (κ1) is 29.1. The van der Waals surface area contributed by atoms with Crippen LogP contribution in [0, 0.1) is 17.5 Å². The molecular weight excluding hydrogens is 601 g/mol. The predicted molar refractivity (Wildman–Crippen MR) is 156 cm³/mol. The Morgan fingerprint density at radius 3 is 2.59 bits per heavy atom. The maximum Gasteiger partial charge on any atom is 0.359 e. The fraction of sp³-hybridized carbons (Fsp3) is 0.241. The first-order chi connectivity index (χ1) is 21.1. The summed E-state index contributed by atoms with van der Waals surface area (Å²) in [6, 6.07) is 4.46. The number of pyridine rings is 1. The van der Waals surface area contributed by atoms with Gasteiger partial charge in [-0.05, 0) is 54.7 Å². The fourth-order valence-electron chi connectivity index (χ4n) is 5.30. The number of hydrogen-bond acceptors (Lipinski definition) is 7. The molecule has 0 unspecified atom stereocenters. The first-order valence-corrected chi connectivity index (χ1v) is 14.0. The lowest BCUT2D eigenvalue weighted by Gasteiger charge is -2.20. The number of nitrogens with one attached hydrogen (secondary N) is 2. The molecule has 2 bridgehead atoms. The molecule has 1 amide bonds. The second-order valence-corrected chi connectivity index (χ2v) is 10.7. The number of carbonyl (C=O) groups excluding carboxylic acids is 1. The summed E-state index contributed by atoms with van der Waals surface area (Å²) in [5, 5.41) is 11.3. The minimum absolute atomic E-state index is 0.00779. The van der Waals surface area contributed by atoms with Crippen molar-refractivity contribution in [3.05, 3.63) is 103 Å². The van der Waals surface area contributed by atoms with Gasteiger partial charge in [0.05, 0.1) is 40.2 Å². The summed E-state index contributed by atoms with van der Waals surface area (Å²) in [6.45, 7) is -0.200. The third-order valence-corrected chi connectivity index (χ3v) is 7.65. The van der Waals surface area contributed by atoms with Crippen LogP contribution in [-0.2, 0) is 20.0 Å². The number of aryl methyl sites for hydroxylation is 2. The van der Waals surface area contributed by atoms with Crippen LogP contribution < -0.4 is 22.0 Å². The van der Waals surface area contributed by atoms with E-state index < -0.39 is 41.3 Å². The highest BCUT2D eigenvalue weighted by atomic mass is 35.5. The van der Waals surface area contributed by atoms with Crippen molar-refractivity contribution >= 4 is 40.0 Å². The molecule has 3 aromatic heterocycles. The van der Waals surface area contributed by atoms with Crippen LogP contribution in [0.1, 0.15) is 40.7 Å². The molecule has 0 radical (unpaired) electrons. The molecule has 0 saturated heterocycles. The van der Waals surface area contributed by atoms with Gasteiger partial charge in [0.1, 0.15) is 0 Å². The Bertz CT molecular complexity index is 2050. The number of anilines is 2. The van der Waals surface area contributed by atoms with Crippen LogP contribution in [0.25, 0.3) is 16.6 Å². The van der Waals surface area contributed by atoms with E-state index in [-0.39, 0.29) is 27.8 Å². The monoisotopic (exact) mass is 624 g/mol. The van der Waals surface area contributed by atoms with Gasteiger partial charge in [0.2, 0.25) is 5.95 Å². The number of nitrogens with zero attached hydrogens (tertiary/aromatic N) is 6. The lowest BCUT2D eigenvalue weighted by molar-refractivity contribution is 0.0952. The number of carbonyl (C=O) groups is 1. The molecule has 0 spiro atoms. The highest BCUT2D eigenvalue weighted by Crippen LogP contribution is 2.36. The van der Waals surface area contributed by atoms with E-state index in [1.807, 2.05) is 6.20 Å². The Morgan fingerprint density at radius 1 is 1.05 bits per heavy atom. The van der Waals surface area contributed by atoms with Gasteiger partial charge in [-0.1, -0.05) is 18.0 Å². The summed E-state index contributed by atoms with van der Waals surface area (Å²) in [5.41, 5.74) is -0.614. The van der Waals surface area contributed by atoms with Gasteiger partial charge < -0.3 is 10.6 Å². The Hall–Kier alpha value is -4.98. The molecule has 0 fully saturated rings. The number of fused-ring (bicyclic) bond motifs is 9. The van der Waals surface area contributed by atoms with Crippen molar-refractivity contribution in [1.29, 1.82) is 0 Å². The van der Waals surface area contributed by atoms with E-state index in [4.69, 9.17) is 11.6 Å². The summed E-state index contributed by atoms with van der Waals surface area (Å²) in [4.78, 5) is 48.8. The molecule has 15 heteroatoms. The molecule has 5 heterocycles.